The second-order valence-electron chi connectivity index (χ2n) is 6.60. The van der Waals surface area contributed by atoms with Gasteiger partial charge in [-0.25, -0.2) is 0 Å². The molecule has 112 valence electrons. The van der Waals surface area contributed by atoms with Gasteiger partial charge in [-0.1, -0.05) is 62.7 Å². The van der Waals surface area contributed by atoms with Crippen LogP contribution in [-0.4, -0.2) is 6.61 Å². The zero-order valence-corrected chi connectivity index (χ0v) is 13.4. The van der Waals surface area contributed by atoms with Crippen LogP contribution in [0.4, 0.5) is 0 Å². The van der Waals surface area contributed by atoms with E-state index in [1.54, 1.807) is 0 Å². The van der Waals surface area contributed by atoms with Gasteiger partial charge in [0, 0.05) is 0 Å². The molecule has 0 amide bonds. The van der Waals surface area contributed by atoms with Gasteiger partial charge >= 0.3 is 0 Å². The molecule has 0 saturated carbocycles. The van der Waals surface area contributed by atoms with Gasteiger partial charge in [0.2, 0.25) is 0 Å². The Bertz CT molecular complexity index is 564. The van der Waals surface area contributed by atoms with Crippen molar-refractivity contribution in [2.45, 2.75) is 39.2 Å². The van der Waals surface area contributed by atoms with Crippen molar-refractivity contribution in [3.05, 3.63) is 65.2 Å². The van der Waals surface area contributed by atoms with E-state index < -0.39 is 0 Å². The van der Waals surface area contributed by atoms with Crippen LogP contribution in [0.3, 0.4) is 0 Å². The third-order valence-corrected chi connectivity index (χ3v) is 3.66. The molecule has 0 aliphatic carbocycles. The largest absolute Gasteiger partial charge is 0.492 e. The quantitative estimate of drug-likeness (QED) is 0.904. The third-order valence-electron chi connectivity index (χ3n) is 3.66. The Morgan fingerprint density at radius 1 is 0.952 bits per heavy atom. The van der Waals surface area contributed by atoms with Crippen LogP contribution in [0.1, 0.15) is 43.5 Å². The third kappa shape index (κ3) is 4.33. The van der Waals surface area contributed by atoms with Crippen LogP contribution in [0.15, 0.2) is 48.5 Å². The van der Waals surface area contributed by atoms with Crippen LogP contribution in [0.25, 0.3) is 0 Å². The molecule has 2 rings (SSSR count). The van der Waals surface area contributed by atoms with Crippen LogP contribution in [0, 0.1) is 6.92 Å². The molecule has 0 aliphatic heterocycles. The van der Waals surface area contributed by atoms with Gasteiger partial charge in [0.15, 0.2) is 0 Å². The van der Waals surface area contributed by atoms with Crippen LogP contribution in [0.5, 0.6) is 5.75 Å². The topological polar surface area (TPSA) is 35.2 Å². The van der Waals surface area contributed by atoms with E-state index in [2.05, 4.69) is 52.0 Å². The molecule has 2 N–H and O–H groups in total. The van der Waals surface area contributed by atoms with Crippen LogP contribution >= 0.6 is 0 Å². The predicted octanol–water partition coefficient (Wildman–Crippen LogP) is 4.37. The highest BCUT2D eigenvalue weighted by Gasteiger charge is 2.14. The lowest BCUT2D eigenvalue weighted by Gasteiger charge is -2.20. The number of hydrogen-bond acceptors (Lipinski definition) is 2. The average molecular weight is 283 g/mol. The van der Waals surface area contributed by atoms with E-state index in [9.17, 15) is 0 Å². The van der Waals surface area contributed by atoms with Crippen molar-refractivity contribution in [2.24, 2.45) is 5.73 Å². The Balaban J connectivity index is 1.97. The molecule has 21 heavy (non-hydrogen) atoms. The van der Waals surface area contributed by atoms with E-state index in [4.69, 9.17) is 10.5 Å². The first-order valence-corrected chi connectivity index (χ1v) is 7.42. The lowest BCUT2D eigenvalue weighted by atomic mass is 9.86. The first kappa shape index (κ1) is 15.6. The van der Waals surface area contributed by atoms with E-state index in [1.165, 1.54) is 11.1 Å². The highest BCUT2D eigenvalue weighted by molar-refractivity contribution is 5.30. The lowest BCUT2D eigenvalue weighted by Crippen LogP contribution is -2.19. The van der Waals surface area contributed by atoms with Gasteiger partial charge in [0.05, 0.1) is 6.04 Å². The molecule has 0 fully saturated rings. The summed E-state index contributed by atoms with van der Waals surface area (Å²) in [5.74, 6) is 0.863. The fraction of sp³-hybridized carbons (Fsp3) is 0.368. The molecule has 0 heterocycles. The molecule has 2 heteroatoms. The maximum Gasteiger partial charge on any atom is 0.119 e. The van der Waals surface area contributed by atoms with Crippen molar-refractivity contribution in [3.63, 3.8) is 0 Å². The SMILES string of the molecule is Cc1ccc(OCC(N)c2ccc(C(C)(C)C)cc2)cc1. The van der Waals surface area contributed by atoms with Crippen molar-refractivity contribution in [3.8, 4) is 5.75 Å². The number of aryl methyl sites for hydroxylation is 1. The summed E-state index contributed by atoms with van der Waals surface area (Å²) in [5.41, 5.74) is 10.0. The monoisotopic (exact) mass is 283 g/mol. The molecule has 2 aromatic rings. The van der Waals surface area contributed by atoms with Gasteiger partial charge in [-0.2, -0.15) is 0 Å². The summed E-state index contributed by atoms with van der Waals surface area (Å²) in [5, 5.41) is 0. The molecule has 1 atom stereocenters. The fourth-order valence-corrected chi connectivity index (χ4v) is 2.15. The molecule has 2 nitrogen and oxygen atoms in total. The second-order valence-corrected chi connectivity index (χ2v) is 6.60. The van der Waals surface area contributed by atoms with E-state index in [0.717, 1.165) is 11.3 Å². The summed E-state index contributed by atoms with van der Waals surface area (Å²) in [6, 6.07) is 16.4. The minimum atomic E-state index is -0.111. The number of rotatable bonds is 4. The lowest BCUT2D eigenvalue weighted by molar-refractivity contribution is 0.290. The summed E-state index contributed by atoms with van der Waals surface area (Å²) in [7, 11) is 0. The number of benzene rings is 2. The van der Waals surface area contributed by atoms with Crippen LogP contribution in [-0.2, 0) is 5.41 Å². The molecule has 0 spiro atoms. The van der Waals surface area contributed by atoms with Crippen molar-refractivity contribution in [1.82, 2.24) is 0 Å². The molecule has 2 aromatic carbocycles. The van der Waals surface area contributed by atoms with Gasteiger partial charge < -0.3 is 10.5 Å². The maximum atomic E-state index is 6.21. The summed E-state index contributed by atoms with van der Waals surface area (Å²) in [4.78, 5) is 0. The molecule has 0 aromatic heterocycles. The van der Waals surface area contributed by atoms with E-state index in [1.807, 2.05) is 24.3 Å². The van der Waals surface area contributed by atoms with Gasteiger partial charge in [0.25, 0.3) is 0 Å². The first-order chi connectivity index (χ1) is 9.86. The van der Waals surface area contributed by atoms with Gasteiger partial charge in [0.1, 0.15) is 12.4 Å². The minimum Gasteiger partial charge on any atom is -0.492 e. The summed E-state index contributed by atoms with van der Waals surface area (Å²) in [6.45, 7) is 9.18. The molecular formula is C19H25NO. The fourth-order valence-electron chi connectivity index (χ4n) is 2.15. The van der Waals surface area contributed by atoms with Crippen LogP contribution < -0.4 is 10.5 Å². The average Bonchev–Trinajstić information content (AvgIpc) is 2.45. The maximum absolute atomic E-state index is 6.21. The smallest absolute Gasteiger partial charge is 0.119 e. The van der Waals surface area contributed by atoms with E-state index in [0.29, 0.717) is 6.61 Å². The Morgan fingerprint density at radius 3 is 2.05 bits per heavy atom. The van der Waals surface area contributed by atoms with Crippen LogP contribution in [0.2, 0.25) is 0 Å². The van der Waals surface area contributed by atoms with Gasteiger partial charge in [-0.3, -0.25) is 0 Å². The summed E-state index contributed by atoms with van der Waals surface area (Å²) >= 11 is 0. The Hall–Kier alpha value is -1.80. The van der Waals surface area contributed by atoms with Crippen molar-refractivity contribution >= 4 is 0 Å². The highest BCUT2D eigenvalue weighted by Crippen LogP contribution is 2.23. The van der Waals surface area contributed by atoms with E-state index >= 15 is 0 Å². The standard InChI is InChI=1S/C19H25NO/c1-14-5-11-17(12-6-14)21-13-18(20)15-7-9-16(10-8-15)19(2,3)4/h5-12,18H,13,20H2,1-4H3. The zero-order valence-electron chi connectivity index (χ0n) is 13.4. The second kappa shape index (κ2) is 6.31. The summed E-state index contributed by atoms with van der Waals surface area (Å²) < 4.78 is 5.75. The van der Waals surface area contributed by atoms with Gasteiger partial charge in [-0.05, 0) is 35.6 Å². The first-order valence-electron chi connectivity index (χ1n) is 7.42. The minimum absolute atomic E-state index is 0.111. The molecule has 0 saturated heterocycles. The Kier molecular flexibility index (Phi) is 4.69. The molecular weight excluding hydrogens is 258 g/mol. The van der Waals surface area contributed by atoms with Crippen molar-refractivity contribution in [2.75, 3.05) is 6.61 Å². The van der Waals surface area contributed by atoms with E-state index in [-0.39, 0.29) is 11.5 Å². The molecule has 0 aliphatic rings. The predicted molar refractivity (Wildman–Crippen MR) is 88.7 cm³/mol. The Labute approximate surface area is 127 Å². The number of ether oxygens (including phenoxy) is 1. The highest BCUT2D eigenvalue weighted by atomic mass is 16.5. The van der Waals surface area contributed by atoms with Crippen molar-refractivity contribution in [1.29, 1.82) is 0 Å². The molecule has 0 bridgehead atoms. The number of hydrogen-bond donors (Lipinski definition) is 1. The number of nitrogens with two attached hydrogens (primary N) is 1. The summed E-state index contributed by atoms with van der Waals surface area (Å²) in [6.07, 6.45) is 0. The van der Waals surface area contributed by atoms with Crippen molar-refractivity contribution < 1.29 is 4.74 Å². The van der Waals surface area contributed by atoms with Gasteiger partial charge in [-0.15, -0.1) is 0 Å². The zero-order chi connectivity index (χ0) is 15.5. The Morgan fingerprint density at radius 2 is 1.52 bits per heavy atom. The molecule has 1 unspecified atom stereocenters. The molecule has 0 radical (unpaired) electrons. The normalized spacial score (nSPS) is 13.0.